The molecule has 0 saturated heterocycles. The molecule has 29 heavy (non-hydrogen) atoms. The van der Waals surface area contributed by atoms with E-state index in [-0.39, 0.29) is 22.9 Å². The molecule has 0 radical (unpaired) electrons. The van der Waals surface area contributed by atoms with Crippen LogP contribution in [-0.2, 0) is 11.8 Å². The predicted octanol–water partition coefficient (Wildman–Crippen LogP) is 4.33. The largest absolute Gasteiger partial charge is 0.369 e. The van der Waals surface area contributed by atoms with Gasteiger partial charge in [0, 0.05) is 24.6 Å². The smallest absolute Gasteiger partial charge is 0.223 e. The van der Waals surface area contributed by atoms with E-state index in [1.807, 2.05) is 23.7 Å². The molecule has 4 aliphatic rings. The number of benzene rings is 1. The van der Waals surface area contributed by atoms with E-state index in [1.165, 1.54) is 12.1 Å². The minimum absolute atomic E-state index is 0.131. The van der Waals surface area contributed by atoms with E-state index < -0.39 is 0 Å². The number of hydrogen-bond acceptors (Lipinski definition) is 2. The van der Waals surface area contributed by atoms with Crippen LogP contribution < -0.4 is 5.73 Å². The van der Waals surface area contributed by atoms with E-state index in [0.717, 1.165) is 43.4 Å². The van der Waals surface area contributed by atoms with E-state index in [9.17, 15) is 14.0 Å². The van der Waals surface area contributed by atoms with Crippen LogP contribution in [0.5, 0.6) is 0 Å². The maximum absolute atomic E-state index is 13.2. The maximum Gasteiger partial charge on any atom is 0.223 e. The fourth-order valence-electron chi connectivity index (χ4n) is 6.78. The van der Waals surface area contributed by atoms with Gasteiger partial charge >= 0.3 is 0 Å². The molecule has 4 fully saturated rings. The lowest BCUT2D eigenvalue weighted by molar-refractivity contribution is -0.149. The van der Waals surface area contributed by atoms with Crippen LogP contribution in [-0.4, -0.2) is 16.3 Å². The van der Waals surface area contributed by atoms with Crippen LogP contribution in [0, 0.1) is 34.9 Å². The molecule has 2 unspecified atom stereocenters. The first-order valence-corrected chi connectivity index (χ1v) is 10.6. The molecule has 1 aromatic heterocycles. The van der Waals surface area contributed by atoms with E-state index in [0.29, 0.717) is 35.8 Å². The van der Waals surface area contributed by atoms with Crippen molar-refractivity contribution in [1.29, 1.82) is 0 Å². The van der Waals surface area contributed by atoms with Gasteiger partial charge < -0.3 is 10.3 Å². The quantitative estimate of drug-likeness (QED) is 0.767. The van der Waals surface area contributed by atoms with Crippen LogP contribution >= 0.6 is 0 Å². The van der Waals surface area contributed by atoms with Crippen LogP contribution in [0.2, 0.25) is 0 Å². The molecule has 5 heteroatoms. The van der Waals surface area contributed by atoms with Crippen molar-refractivity contribution in [3.8, 4) is 11.3 Å². The summed E-state index contributed by atoms with van der Waals surface area (Å²) in [5.74, 6) is 1.60. The lowest BCUT2D eigenvalue weighted by atomic mass is 9.45. The summed E-state index contributed by atoms with van der Waals surface area (Å²) >= 11 is 0. The number of primary amides is 1. The van der Waals surface area contributed by atoms with Gasteiger partial charge in [-0.2, -0.15) is 0 Å². The zero-order valence-electron chi connectivity index (χ0n) is 16.7. The first kappa shape index (κ1) is 18.6. The van der Waals surface area contributed by atoms with Crippen molar-refractivity contribution in [3.05, 3.63) is 47.9 Å². The Balaban J connectivity index is 1.36. The molecule has 6 rings (SSSR count). The summed E-state index contributed by atoms with van der Waals surface area (Å²) in [7, 11) is 1.89. The van der Waals surface area contributed by atoms with Gasteiger partial charge in [-0.15, -0.1) is 0 Å². The van der Waals surface area contributed by atoms with E-state index >= 15 is 0 Å². The molecular formula is C24H27FN2O2. The molecule has 152 valence electrons. The number of ketones is 1. The zero-order chi connectivity index (χ0) is 20.3. The Kier molecular flexibility index (Phi) is 4.19. The molecule has 4 aliphatic carbocycles. The van der Waals surface area contributed by atoms with Crippen LogP contribution in [0.15, 0.2) is 36.4 Å². The van der Waals surface area contributed by atoms with Crippen LogP contribution in [0.4, 0.5) is 4.39 Å². The summed E-state index contributed by atoms with van der Waals surface area (Å²) in [6, 6.07) is 10.2. The Morgan fingerprint density at radius 3 is 2.34 bits per heavy atom. The number of rotatable bonds is 5. The molecule has 1 aromatic carbocycles. The highest BCUT2D eigenvalue weighted by molar-refractivity contribution is 5.96. The monoisotopic (exact) mass is 394 g/mol. The molecule has 1 amide bonds. The SMILES string of the molecule is Cn1c(C(=O)CC2C3CC4CC2CC(C(N)=O)(C4)C3)ccc1-c1ccc(F)cc1. The molecule has 2 N–H and O–H groups in total. The second-order valence-corrected chi connectivity index (χ2v) is 9.58. The van der Waals surface area contributed by atoms with Gasteiger partial charge in [-0.1, -0.05) is 0 Å². The molecule has 4 nitrogen and oxygen atoms in total. The number of nitrogens with zero attached hydrogens (tertiary/aromatic N) is 1. The average molecular weight is 394 g/mol. The molecule has 0 aliphatic heterocycles. The molecule has 2 atom stereocenters. The molecular weight excluding hydrogens is 367 g/mol. The first-order chi connectivity index (χ1) is 13.9. The van der Waals surface area contributed by atoms with E-state index in [1.54, 1.807) is 12.1 Å². The van der Waals surface area contributed by atoms with Gasteiger partial charge in [0.05, 0.1) is 5.69 Å². The number of halogens is 1. The molecule has 4 bridgehead atoms. The van der Waals surface area contributed by atoms with Gasteiger partial charge in [-0.25, -0.2) is 4.39 Å². The van der Waals surface area contributed by atoms with Gasteiger partial charge in [0.25, 0.3) is 0 Å². The highest BCUT2D eigenvalue weighted by Gasteiger charge is 2.57. The van der Waals surface area contributed by atoms with Crippen LogP contribution in [0.25, 0.3) is 11.3 Å². The van der Waals surface area contributed by atoms with Gasteiger partial charge in [0.15, 0.2) is 5.78 Å². The van der Waals surface area contributed by atoms with Crippen molar-refractivity contribution in [2.45, 2.75) is 38.5 Å². The second kappa shape index (κ2) is 6.54. The van der Waals surface area contributed by atoms with Crippen LogP contribution in [0.3, 0.4) is 0 Å². The zero-order valence-corrected chi connectivity index (χ0v) is 16.7. The minimum Gasteiger partial charge on any atom is -0.369 e. The third-order valence-corrected chi connectivity index (χ3v) is 7.96. The summed E-state index contributed by atoms with van der Waals surface area (Å²) in [5.41, 5.74) is 7.97. The number of Topliss-reactive ketones (excluding diaryl/α,β-unsaturated/α-hetero) is 1. The van der Waals surface area contributed by atoms with E-state index in [2.05, 4.69) is 0 Å². The molecule has 2 aromatic rings. The summed E-state index contributed by atoms with van der Waals surface area (Å²) < 4.78 is 15.1. The highest BCUT2D eigenvalue weighted by atomic mass is 19.1. The van der Waals surface area contributed by atoms with Crippen molar-refractivity contribution in [2.75, 3.05) is 0 Å². The Morgan fingerprint density at radius 1 is 1.07 bits per heavy atom. The third kappa shape index (κ3) is 2.93. The Hall–Kier alpha value is -2.43. The van der Waals surface area contributed by atoms with Crippen molar-refractivity contribution < 1.29 is 14.0 Å². The number of amides is 1. The van der Waals surface area contributed by atoms with Gasteiger partial charge in [-0.3, -0.25) is 9.59 Å². The van der Waals surface area contributed by atoms with Gasteiger partial charge in [0.1, 0.15) is 5.82 Å². The van der Waals surface area contributed by atoms with Gasteiger partial charge in [0.2, 0.25) is 5.91 Å². The normalized spacial score (nSPS) is 32.5. The topological polar surface area (TPSA) is 65.1 Å². The van der Waals surface area contributed by atoms with Crippen molar-refractivity contribution >= 4 is 11.7 Å². The number of hydrogen-bond donors (Lipinski definition) is 1. The Bertz CT molecular complexity index is 961. The third-order valence-electron chi connectivity index (χ3n) is 7.96. The summed E-state index contributed by atoms with van der Waals surface area (Å²) in [6.07, 6.45) is 5.49. The highest BCUT2D eigenvalue weighted by Crippen LogP contribution is 2.62. The van der Waals surface area contributed by atoms with Crippen LogP contribution in [0.1, 0.15) is 49.0 Å². The number of carbonyl (C=O) groups excluding carboxylic acids is 2. The fourth-order valence-corrected chi connectivity index (χ4v) is 6.78. The Labute approximate surface area is 170 Å². The second-order valence-electron chi connectivity index (χ2n) is 9.58. The van der Waals surface area contributed by atoms with E-state index in [4.69, 9.17) is 5.73 Å². The Morgan fingerprint density at radius 2 is 1.72 bits per heavy atom. The maximum atomic E-state index is 13.2. The number of carbonyl (C=O) groups is 2. The predicted molar refractivity (Wildman–Crippen MR) is 108 cm³/mol. The van der Waals surface area contributed by atoms with Crippen molar-refractivity contribution in [2.24, 2.45) is 41.9 Å². The molecule has 0 spiro atoms. The summed E-state index contributed by atoms with van der Waals surface area (Å²) in [6.45, 7) is 0. The summed E-state index contributed by atoms with van der Waals surface area (Å²) in [5, 5.41) is 0. The van der Waals surface area contributed by atoms with Crippen molar-refractivity contribution in [3.63, 3.8) is 0 Å². The lowest BCUT2D eigenvalue weighted by Gasteiger charge is -2.59. The lowest BCUT2D eigenvalue weighted by Crippen LogP contribution is -2.56. The number of nitrogens with two attached hydrogens (primary N) is 1. The fraction of sp³-hybridized carbons (Fsp3) is 0.500. The van der Waals surface area contributed by atoms with Gasteiger partial charge in [-0.05, 0) is 97.7 Å². The summed E-state index contributed by atoms with van der Waals surface area (Å²) in [4.78, 5) is 25.3. The standard InChI is InChI=1S/C24H27FN2O2/c1-27-20(15-2-4-18(25)5-3-15)6-7-21(27)22(28)10-19-16-8-14-9-17(19)13-24(11-14,12-16)23(26)29/h2-7,14,16-17,19H,8-13H2,1H3,(H2,26,29). The average Bonchev–Trinajstić information content (AvgIpc) is 3.06. The first-order valence-electron chi connectivity index (χ1n) is 10.6. The minimum atomic E-state index is -0.309. The molecule has 1 heterocycles. The number of aromatic nitrogens is 1. The molecule has 4 saturated carbocycles. The van der Waals surface area contributed by atoms with Crippen molar-refractivity contribution in [1.82, 2.24) is 4.57 Å².